The van der Waals surface area contributed by atoms with Crippen LogP contribution in [0.25, 0.3) is 0 Å². The molecule has 1 atom stereocenters. The van der Waals surface area contributed by atoms with Crippen molar-refractivity contribution >= 4 is 11.9 Å². The van der Waals surface area contributed by atoms with Gasteiger partial charge in [-0.15, -0.1) is 0 Å². The normalized spacial score (nSPS) is 17.9. The number of nitrogens with zero attached hydrogens (tertiary/aromatic N) is 1. The van der Waals surface area contributed by atoms with Gasteiger partial charge in [0.1, 0.15) is 11.4 Å². The highest BCUT2D eigenvalue weighted by Crippen LogP contribution is 2.39. The summed E-state index contributed by atoms with van der Waals surface area (Å²) < 4.78 is 10.8. The van der Waals surface area contributed by atoms with E-state index in [1.807, 2.05) is 30.3 Å². The standard InChI is InChI=1S/C22H27N3O3/c1-22(2)13-18(17-7-5-6-8-19(17)28-22)25-21(23-3)24-14-15-9-11-16(12-10-15)20(26)27-4/h5-12,18H,13-14H2,1-4H3,(H2,23,24,25). The highest BCUT2D eigenvalue weighted by Gasteiger charge is 2.33. The van der Waals surface area contributed by atoms with Gasteiger partial charge < -0.3 is 20.1 Å². The minimum absolute atomic E-state index is 0.104. The fraction of sp³-hybridized carbons (Fsp3) is 0.364. The van der Waals surface area contributed by atoms with E-state index in [9.17, 15) is 4.79 Å². The molecule has 2 aromatic rings. The third-order valence-electron chi connectivity index (χ3n) is 4.75. The molecule has 0 saturated heterocycles. The number of para-hydroxylation sites is 1. The molecular weight excluding hydrogens is 354 g/mol. The van der Waals surface area contributed by atoms with Crippen LogP contribution >= 0.6 is 0 Å². The van der Waals surface area contributed by atoms with E-state index in [4.69, 9.17) is 9.47 Å². The summed E-state index contributed by atoms with van der Waals surface area (Å²) in [5.41, 5.74) is 2.46. The number of ether oxygens (including phenoxy) is 2. The monoisotopic (exact) mass is 381 g/mol. The number of benzene rings is 2. The Balaban J connectivity index is 1.66. The molecule has 1 heterocycles. The molecular formula is C22H27N3O3. The fourth-order valence-corrected chi connectivity index (χ4v) is 3.35. The van der Waals surface area contributed by atoms with Crippen LogP contribution in [0.5, 0.6) is 5.75 Å². The van der Waals surface area contributed by atoms with Crippen LogP contribution in [0, 0.1) is 0 Å². The summed E-state index contributed by atoms with van der Waals surface area (Å²) >= 11 is 0. The van der Waals surface area contributed by atoms with Gasteiger partial charge in [0.2, 0.25) is 0 Å². The molecule has 1 aliphatic rings. The van der Waals surface area contributed by atoms with Crippen LogP contribution in [-0.4, -0.2) is 31.7 Å². The molecule has 3 rings (SSSR count). The number of rotatable bonds is 4. The quantitative estimate of drug-likeness (QED) is 0.482. The molecule has 28 heavy (non-hydrogen) atoms. The Morgan fingerprint density at radius 1 is 1.21 bits per heavy atom. The van der Waals surface area contributed by atoms with Gasteiger partial charge in [0, 0.05) is 25.6 Å². The van der Waals surface area contributed by atoms with Crippen LogP contribution in [-0.2, 0) is 11.3 Å². The number of hydrogen-bond donors (Lipinski definition) is 2. The molecule has 0 radical (unpaired) electrons. The van der Waals surface area contributed by atoms with Crippen molar-refractivity contribution in [1.29, 1.82) is 0 Å². The summed E-state index contributed by atoms with van der Waals surface area (Å²) in [4.78, 5) is 15.9. The van der Waals surface area contributed by atoms with Gasteiger partial charge in [0.15, 0.2) is 5.96 Å². The molecule has 6 heteroatoms. The molecule has 6 nitrogen and oxygen atoms in total. The highest BCUT2D eigenvalue weighted by molar-refractivity contribution is 5.89. The van der Waals surface area contributed by atoms with Crippen molar-refractivity contribution in [3.63, 3.8) is 0 Å². The van der Waals surface area contributed by atoms with E-state index in [1.54, 1.807) is 19.2 Å². The first kappa shape index (κ1) is 19.7. The number of hydrogen-bond acceptors (Lipinski definition) is 4. The molecule has 2 aromatic carbocycles. The Kier molecular flexibility index (Phi) is 5.87. The molecule has 0 aromatic heterocycles. The van der Waals surface area contributed by atoms with Crippen LogP contribution in [0.2, 0.25) is 0 Å². The minimum Gasteiger partial charge on any atom is -0.487 e. The van der Waals surface area contributed by atoms with Gasteiger partial charge in [-0.05, 0) is 37.6 Å². The number of nitrogens with one attached hydrogen (secondary N) is 2. The zero-order valence-corrected chi connectivity index (χ0v) is 16.8. The lowest BCUT2D eigenvalue weighted by molar-refractivity contribution is 0.0600. The van der Waals surface area contributed by atoms with E-state index >= 15 is 0 Å². The van der Waals surface area contributed by atoms with Crippen LogP contribution < -0.4 is 15.4 Å². The maximum Gasteiger partial charge on any atom is 0.337 e. The molecule has 0 amide bonds. The third kappa shape index (κ3) is 4.63. The highest BCUT2D eigenvalue weighted by atomic mass is 16.5. The van der Waals surface area contributed by atoms with Gasteiger partial charge in [-0.2, -0.15) is 0 Å². The van der Waals surface area contributed by atoms with Crippen molar-refractivity contribution in [3.05, 3.63) is 65.2 Å². The molecule has 0 saturated carbocycles. The van der Waals surface area contributed by atoms with Gasteiger partial charge in [-0.3, -0.25) is 4.99 Å². The van der Waals surface area contributed by atoms with E-state index in [0.29, 0.717) is 12.1 Å². The van der Waals surface area contributed by atoms with Crippen LogP contribution in [0.4, 0.5) is 0 Å². The van der Waals surface area contributed by atoms with E-state index in [1.165, 1.54) is 7.11 Å². The predicted molar refractivity (Wildman–Crippen MR) is 110 cm³/mol. The SMILES string of the molecule is CN=C(NCc1ccc(C(=O)OC)cc1)NC1CC(C)(C)Oc2ccccc21. The Morgan fingerprint density at radius 2 is 1.93 bits per heavy atom. The molecule has 1 aliphatic heterocycles. The van der Waals surface area contributed by atoms with Gasteiger partial charge in [0.05, 0.1) is 18.7 Å². The summed E-state index contributed by atoms with van der Waals surface area (Å²) in [6.45, 7) is 4.78. The molecule has 2 N–H and O–H groups in total. The van der Waals surface area contributed by atoms with Crippen molar-refractivity contribution in [3.8, 4) is 5.75 Å². The Bertz CT molecular complexity index is 860. The minimum atomic E-state index is -0.335. The van der Waals surface area contributed by atoms with Crippen molar-refractivity contribution in [2.45, 2.75) is 38.5 Å². The molecule has 0 spiro atoms. The summed E-state index contributed by atoms with van der Waals surface area (Å²) in [6, 6.07) is 15.5. The Hall–Kier alpha value is -3.02. The van der Waals surface area contributed by atoms with Crippen molar-refractivity contribution in [2.75, 3.05) is 14.2 Å². The molecule has 0 fully saturated rings. The zero-order valence-electron chi connectivity index (χ0n) is 16.8. The fourth-order valence-electron chi connectivity index (χ4n) is 3.35. The van der Waals surface area contributed by atoms with E-state index in [0.717, 1.165) is 29.3 Å². The summed E-state index contributed by atoms with van der Waals surface area (Å²) in [5.74, 6) is 1.29. The Morgan fingerprint density at radius 3 is 2.61 bits per heavy atom. The number of methoxy groups -OCH3 is 1. The smallest absolute Gasteiger partial charge is 0.337 e. The number of carbonyl (C=O) groups excluding carboxylic acids is 1. The van der Waals surface area contributed by atoms with Crippen molar-refractivity contribution in [2.24, 2.45) is 4.99 Å². The molecule has 0 bridgehead atoms. The summed E-state index contributed by atoms with van der Waals surface area (Å²) in [5, 5.41) is 6.85. The van der Waals surface area contributed by atoms with Crippen LogP contribution in [0.1, 0.15) is 47.8 Å². The topological polar surface area (TPSA) is 72.0 Å². The first-order valence-electron chi connectivity index (χ1n) is 9.34. The van der Waals surface area contributed by atoms with E-state index in [2.05, 4.69) is 35.5 Å². The second kappa shape index (κ2) is 8.33. The van der Waals surface area contributed by atoms with Gasteiger partial charge in [-0.25, -0.2) is 4.79 Å². The van der Waals surface area contributed by atoms with Gasteiger partial charge >= 0.3 is 5.97 Å². The van der Waals surface area contributed by atoms with E-state index < -0.39 is 0 Å². The molecule has 0 aliphatic carbocycles. The average Bonchev–Trinajstić information content (AvgIpc) is 2.70. The molecule has 1 unspecified atom stereocenters. The Labute approximate surface area is 166 Å². The number of aliphatic imine (C=N–C) groups is 1. The number of fused-ring (bicyclic) bond motifs is 1. The first-order chi connectivity index (χ1) is 13.4. The maximum absolute atomic E-state index is 11.5. The predicted octanol–water partition coefficient (Wildman–Crippen LogP) is 3.44. The third-order valence-corrected chi connectivity index (χ3v) is 4.75. The van der Waals surface area contributed by atoms with Gasteiger partial charge in [0.25, 0.3) is 0 Å². The average molecular weight is 381 g/mol. The second-order valence-electron chi connectivity index (χ2n) is 7.41. The lowest BCUT2D eigenvalue weighted by Gasteiger charge is -2.38. The van der Waals surface area contributed by atoms with Crippen molar-refractivity contribution in [1.82, 2.24) is 10.6 Å². The first-order valence-corrected chi connectivity index (χ1v) is 9.34. The number of carbonyl (C=O) groups is 1. The van der Waals surface area contributed by atoms with Crippen LogP contribution in [0.15, 0.2) is 53.5 Å². The summed E-state index contributed by atoms with van der Waals surface area (Å²) in [6.07, 6.45) is 0.832. The van der Waals surface area contributed by atoms with Crippen LogP contribution in [0.3, 0.4) is 0 Å². The maximum atomic E-state index is 11.5. The lowest BCUT2D eigenvalue weighted by atomic mass is 9.90. The lowest BCUT2D eigenvalue weighted by Crippen LogP contribution is -2.45. The summed E-state index contributed by atoms with van der Waals surface area (Å²) in [7, 11) is 3.13. The second-order valence-corrected chi connectivity index (χ2v) is 7.41. The van der Waals surface area contributed by atoms with E-state index in [-0.39, 0.29) is 17.6 Å². The zero-order chi connectivity index (χ0) is 20.1. The van der Waals surface area contributed by atoms with Crippen molar-refractivity contribution < 1.29 is 14.3 Å². The number of guanidine groups is 1. The molecule has 148 valence electrons. The van der Waals surface area contributed by atoms with Gasteiger partial charge in [-0.1, -0.05) is 30.3 Å². The number of esters is 1. The largest absolute Gasteiger partial charge is 0.487 e.